The Hall–Kier alpha value is -2.29. The van der Waals surface area contributed by atoms with Crippen molar-refractivity contribution in [3.05, 3.63) is 46.8 Å². The number of hydrogen-bond donors (Lipinski definition) is 3. The van der Waals surface area contributed by atoms with Gasteiger partial charge in [-0.2, -0.15) is 0 Å². The summed E-state index contributed by atoms with van der Waals surface area (Å²) in [4.78, 5) is 14.6. The summed E-state index contributed by atoms with van der Waals surface area (Å²) < 4.78 is 11.6. The minimum absolute atomic E-state index is 0.137. The molecule has 1 atom stereocenters. The normalized spacial score (nSPS) is 20.4. The first-order valence-electron chi connectivity index (χ1n) is 9.63. The van der Waals surface area contributed by atoms with Gasteiger partial charge in [0.15, 0.2) is 5.65 Å². The molecule has 0 radical (unpaired) electrons. The summed E-state index contributed by atoms with van der Waals surface area (Å²) in [5.74, 6) is 2.93. The van der Waals surface area contributed by atoms with E-state index in [9.17, 15) is 4.55 Å². The van der Waals surface area contributed by atoms with Crippen molar-refractivity contribution >= 4 is 33.8 Å². The fourth-order valence-electron chi connectivity index (χ4n) is 4.21. The number of fused-ring (bicyclic) bond motifs is 2. The summed E-state index contributed by atoms with van der Waals surface area (Å²) in [5, 5.41) is 3.62. The number of aryl methyl sites for hydroxylation is 1. The van der Waals surface area contributed by atoms with Crippen LogP contribution in [0.2, 0.25) is 0 Å². The number of benzene rings is 1. The lowest BCUT2D eigenvalue weighted by Crippen LogP contribution is -2.39. The largest absolute Gasteiger partial charge is 0.616 e. The molecule has 4 N–H and O–H groups in total. The lowest BCUT2D eigenvalue weighted by atomic mass is 10.0. The second-order valence-corrected chi connectivity index (χ2v) is 9.37. The van der Waals surface area contributed by atoms with Crippen molar-refractivity contribution in [3.63, 3.8) is 0 Å². The molecule has 1 unspecified atom stereocenters. The van der Waals surface area contributed by atoms with Crippen molar-refractivity contribution in [3.8, 4) is 0 Å². The number of aromatic nitrogens is 3. The predicted octanol–water partition coefficient (Wildman–Crippen LogP) is 2.12. The van der Waals surface area contributed by atoms with Crippen LogP contribution >= 0.6 is 0 Å². The summed E-state index contributed by atoms with van der Waals surface area (Å²) in [7, 11) is 0. The monoisotopic (exact) mass is 396 g/mol. The molecule has 1 aromatic carbocycles. The standard InChI is InChI=1S/C20H24N6OS/c1-12-22-19-15(10-18(21)25-20(19)23-12)17-9-14-8-13(2-3-16(14)24-17)11-26-4-6-28(27)7-5-26/h2-3,8,10,17,24H,4-7,9,11H2,1H3,(H3,21,22,23,25). The third kappa shape index (κ3) is 3.32. The number of hydrogen-bond acceptors (Lipinski definition) is 6. The number of rotatable bonds is 3. The SMILES string of the molecule is Cc1nc2c(C3Cc4cc(CN5CC[S+]([O-])CC5)ccc4N3)cc(N)nc2[nH]1. The number of nitrogens with zero attached hydrogens (tertiary/aromatic N) is 3. The maximum absolute atomic E-state index is 11.6. The van der Waals surface area contributed by atoms with Crippen LogP contribution in [-0.4, -0.2) is 49.0 Å². The zero-order chi connectivity index (χ0) is 19.3. The van der Waals surface area contributed by atoms with Crippen molar-refractivity contribution in [1.29, 1.82) is 0 Å². The van der Waals surface area contributed by atoms with E-state index in [1.165, 1.54) is 16.8 Å². The Morgan fingerprint density at radius 2 is 2.07 bits per heavy atom. The van der Waals surface area contributed by atoms with E-state index in [2.05, 4.69) is 43.4 Å². The number of aromatic amines is 1. The first-order valence-corrected chi connectivity index (χ1v) is 11.1. The zero-order valence-electron chi connectivity index (χ0n) is 15.9. The Bertz CT molecular complexity index is 1030. The molecule has 5 rings (SSSR count). The van der Waals surface area contributed by atoms with E-state index in [1.807, 2.05) is 13.0 Å². The van der Waals surface area contributed by atoms with Crippen molar-refractivity contribution in [2.24, 2.45) is 0 Å². The van der Waals surface area contributed by atoms with Gasteiger partial charge in [0, 0.05) is 30.9 Å². The maximum atomic E-state index is 11.6. The van der Waals surface area contributed by atoms with Crippen LogP contribution in [0.25, 0.3) is 11.2 Å². The van der Waals surface area contributed by atoms with Crippen LogP contribution in [0.4, 0.5) is 11.5 Å². The maximum Gasteiger partial charge on any atom is 0.160 e. The van der Waals surface area contributed by atoms with Gasteiger partial charge >= 0.3 is 0 Å². The van der Waals surface area contributed by atoms with Gasteiger partial charge in [-0.15, -0.1) is 0 Å². The van der Waals surface area contributed by atoms with Crippen molar-refractivity contribution in [2.75, 3.05) is 35.6 Å². The lowest BCUT2D eigenvalue weighted by Gasteiger charge is -2.28. The second kappa shape index (κ2) is 6.95. The lowest BCUT2D eigenvalue weighted by molar-refractivity contribution is 0.287. The Morgan fingerprint density at radius 3 is 2.89 bits per heavy atom. The average molecular weight is 397 g/mol. The molecule has 3 aromatic rings. The molecule has 2 aliphatic rings. The summed E-state index contributed by atoms with van der Waals surface area (Å²) >= 11 is -0.632. The van der Waals surface area contributed by atoms with Crippen molar-refractivity contribution in [1.82, 2.24) is 19.9 Å². The highest BCUT2D eigenvalue weighted by Gasteiger charge is 2.26. The van der Waals surface area contributed by atoms with Crippen LogP contribution < -0.4 is 11.1 Å². The van der Waals surface area contributed by atoms with E-state index in [4.69, 9.17) is 5.73 Å². The predicted molar refractivity (Wildman–Crippen MR) is 113 cm³/mol. The Morgan fingerprint density at radius 1 is 1.25 bits per heavy atom. The minimum atomic E-state index is -0.632. The Labute approximate surface area is 166 Å². The van der Waals surface area contributed by atoms with Crippen LogP contribution in [0.1, 0.15) is 28.6 Å². The van der Waals surface area contributed by atoms with E-state index in [0.717, 1.165) is 60.1 Å². The molecule has 146 valence electrons. The molecule has 2 aromatic heterocycles. The van der Waals surface area contributed by atoms with Gasteiger partial charge in [0.2, 0.25) is 0 Å². The van der Waals surface area contributed by atoms with Gasteiger partial charge in [-0.25, -0.2) is 9.97 Å². The summed E-state index contributed by atoms with van der Waals surface area (Å²) in [6.07, 6.45) is 0.900. The van der Waals surface area contributed by atoms with E-state index >= 15 is 0 Å². The molecular formula is C20H24N6OS. The van der Waals surface area contributed by atoms with Gasteiger partial charge in [-0.05, 0) is 36.6 Å². The molecule has 0 bridgehead atoms. The van der Waals surface area contributed by atoms with Gasteiger partial charge in [0.25, 0.3) is 0 Å². The first kappa shape index (κ1) is 17.8. The molecule has 0 spiro atoms. The topological polar surface area (TPSA) is 106 Å². The highest BCUT2D eigenvalue weighted by Crippen LogP contribution is 2.37. The molecule has 4 heterocycles. The molecule has 0 aliphatic carbocycles. The fraction of sp³-hybridized carbons (Fsp3) is 0.400. The van der Waals surface area contributed by atoms with Gasteiger partial charge in [-0.1, -0.05) is 23.3 Å². The number of pyridine rings is 1. The van der Waals surface area contributed by atoms with Gasteiger partial charge in [0.1, 0.15) is 28.7 Å². The molecule has 0 saturated carbocycles. The van der Waals surface area contributed by atoms with Crippen LogP contribution in [0, 0.1) is 6.92 Å². The molecule has 0 amide bonds. The second-order valence-electron chi connectivity index (χ2n) is 7.67. The third-order valence-corrected chi connectivity index (χ3v) is 6.87. The van der Waals surface area contributed by atoms with Gasteiger partial charge in [0.05, 0.1) is 6.04 Å². The Kier molecular flexibility index (Phi) is 4.41. The first-order chi connectivity index (χ1) is 13.5. The van der Waals surface area contributed by atoms with E-state index in [-0.39, 0.29) is 6.04 Å². The molecule has 1 fully saturated rings. The molecule has 28 heavy (non-hydrogen) atoms. The summed E-state index contributed by atoms with van der Waals surface area (Å²) in [5.41, 5.74) is 12.5. The summed E-state index contributed by atoms with van der Waals surface area (Å²) in [6, 6.07) is 8.73. The molecule has 2 aliphatic heterocycles. The van der Waals surface area contributed by atoms with Crippen LogP contribution in [-0.2, 0) is 24.1 Å². The smallest absolute Gasteiger partial charge is 0.160 e. The van der Waals surface area contributed by atoms with E-state index in [1.54, 1.807) is 0 Å². The number of nitrogens with two attached hydrogens (primary N) is 1. The minimum Gasteiger partial charge on any atom is -0.616 e. The Balaban J connectivity index is 1.37. The molecule has 7 nitrogen and oxygen atoms in total. The highest BCUT2D eigenvalue weighted by atomic mass is 32.2. The van der Waals surface area contributed by atoms with Gasteiger partial charge in [-0.3, -0.25) is 4.90 Å². The number of H-pyrrole nitrogens is 1. The number of nitrogens with one attached hydrogen (secondary N) is 2. The van der Waals surface area contributed by atoms with Gasteiger partial charge < -0.3 is 20.6 Å². The van der Waals surface area contributed by atoms with Crippen LogP contribution in [0.5, 0.6) is 0 Å². The molecular weight excluding hydrogens is 372 g/mol. The van der Waals surface area contributed by atoms with Crippen molar-refractivity contribution < 1.29 is 4.55 Å². The highest BCUT2D eigenvalue weighted by molar-refractivity contribution is 7.91. The van der Waals surface area contributed by atoms with Crippen molar-refractivity contribution in [2.45, 2.75) is 25.9 Å². The molecule has 8 heteroatoms. The number of anilines is 2. The number of imidazole rings is 1. The number of nitrogen functional groups attached to an aromatic ring is 1. The zero-order valence-corrected chi connectivity index (χ0v) is 16.7. The molecule has 1 saturated heterocycles. The quantitative estimate of drug-likeness (QED) is 0.586. The summed E-state index contributed by atoms with van der Waals surface area (Å²) in [6.45, 7) is 4.68. The van der Waals surface area contributed by atoms with Crippen LogP contribution in [0.3, 0.4) is 0 Å². The van der Waals surface area contributed by atoms with Crippen LogP contribution in [0.15, 0.2) is 24.3 Å². The van der Waals surface area contributed by atoms with E-state index < -0.39 is 11.2 Å². The third-order valence-electron chi connectivity index (χ3n) is 5.60. The fourth-order valence-corrected chi connectivity index (χ4v) is 5.34. The average Bonchev–Trinajstić information content (AvgIpc) is 3.25. The van der Waals surface area contributed by atoms with E-state index in [0.29, 0.717) is 5.82 Å².